The highest BCUT2D eigenvalue weighted by Crippen LogP contribution is 2.36. The van der Waals surface area contributed by atoms with Gasteiger partial charge in [-0.25, -0.2) is 0 Å². The third-order valence-corrected chi connectivity index (χ3v) is 8.52. The third kappa shape index (κ3) is 38.4. The molecule has 2 aromatic rings. The van der Waals surface area contributed by atoms with Gasteiger partial charge in [-0.05, 0) is 62.8 Å². The van der Waals surface area contributed by atoms with Crippen LogP contribution in [0.5, 0.6) is 11.5 Å². The van der Waals surface area contributed by atoms with E-state index >= 15 is 0 Å². The quantitative estimate of drug-likeness (QED) is 0.0348. The first-order valence-corrected chi connectivity index (χ1v) is 21.4. The molecule has 0 aliphatic rings. The predicted molar refractivity (Wildman–Crippen MR) is 211 cm³/mol. The summed E-state index contributed by atoms with van der Waals surface area (Å²) in [5, 5.41) is 20.1. The molecule has 334 valence electrons. The molecular formula is C38H61F6N2O10P2+. The van der Waals surface area contributed by atoms with Crippen molar-refractivity contribution < 1.29 is 73.7 Å². The molecule has 1 atom stereocenters. The summed E-state index contributed by atoms with van der Waals surface area (Å²) in [4.78, 5) is 30.2. The molecule has 0 fully saturated rings. The second kappa shape index (κ2) is 38.1. The average molecular weight is 882 g/mol. The maximum Gasteiger partial charge on any atom is 0.697 e. The molecule has 0 bridgehead atoms. The number of carbonyl (C=O) groups excluding carboxylic acids is 2. The first kappa shape index (κ1) is 57.0. The van der Waals surface area contributed by atoms with E-state index in [-0.39, 0.29) is 26.3 Å². The van der Waals surface area contributed by atoms with E-state index in [0.29, 0.717) is 50.4 Å². The van der Waals surface area contributed by atoms with Crippen LogP contribution in [0, 0.1) is 0 Å². The summed E-state index contributed by atoms with van der Waals surface area (Å²) in [6, 6.07) is 18.2. The van der Waals surface area contributed by atoms with Crippen LogP contribution in [0.4, 0.5) is 26.3 Å². The molecule has 2 aromatic carbocycles. The molecule has 12 nitrogen and oxygen atoms in total. The smallest absolute Gasteiger partial charge is 0.418 e. The SMILES string of the molecule is CCCCCCCO.CCCCCCCO[P+](=O)OCCCCNC(=O)C(F)(F)F.O=C(NCCCCO)C(F)(F)F.OP(Oc1ccccc1)Oc1ccccc1. The lowest BCUT2D eigenvalue weighted by atomic mass is 10.2. The van der Waals surface area contributed by atoms with E-state index in [9.17, 15) is 45.4 Å². The molecule has 0 aliphatic heterocycles. The highest BCUT2D eigenvalue weighted by Gasteiger charge is 2.38. The van der Waals surface area contributed by atoms with E-state index in [2.05, 4.69) is 13.8 Å². The van der Waals surface area contributed by atoms with Gasteiger partial charge in [-0.2, -0.15) is 26.3 Å². The highest BCUT2D eigenvalue weighted by atomic mass is 31.2. The number of hydrogen-bond donors (Lipinski definition) is 5. The van der Waals surface area contributed by atoms with Gasteiger partial charge in [0, 0.05) is 30.9 Å². The maximum absolute atomic E-state index is 11.9. The minimum absolute atomic E-state index is 0.0566. The second-order valence-corrected chi connectivity index (χ2v) is 13.9. The summed E-state index contributed by atoms with van der Waals surface area (Å²) in [5.74, 6) is -2.70. The Balaban J connectivity index is 0. The number of unbranched alkanes of at least 4 members (excludes halogenated alkanes) is 10. The van der Waals surface area contributed by atoms with Gasteiger partial charge in [-0.1, -0.05) is 102 Å². The monoisotopic (exact) mass is 881 g/mol. The molecule has 0 heterocycles. The number of amides is 2. The molecule has 0 radical (unpaired) electrons. The zero-order valence-corrected chi connectivity index (χ0v) is 35.1. The van der Waals surface area contributed by atoms with Gasteiger partial charge in [0.25, 0.3) is 0 Å². The van der Waals surface area contributed by atoms with Crippen molar-refractivity contribution in [3.63, 3.8) is 0 Å². The summed E-state index contributed by atoms with van der Waals surface area (Å²) in [7, 11) is -4.11. The summed E-state index contributed by atoms with van der Waals surface area (Å²) in [6.07, 6.45) is 3.15. The number of para-hydroxylation sites is 2. The molecule has 20 heteroatoms. The molecule has 0 spiro atoms. The Morgan fingerprint density at radius 3 is 1.31 bits per heavy atom. The summed E-state index contributed by atoms with van der Waals surface area (Å²) in [5.41, 5.74) is 0. The lowest BCUT2D eigenvalue weighted by Gasteiger charge is -2.11. The molecule has 5 N–H and O–H groups in total. The van der Waals surface area contributed by atoms with Crippen molar-refractivity contribution in [2.45, 2.75) is 116 Å². The Morgan fingerprint density at radius 1 is 0.586 bits per heavy atom. The van der Waals surface area contributed by atoms with Gasteiger partial charge in [0.1, 0.15) is 24.7 Å². The van der Waals surface area contributed by atoms with Crippen LogP contribution in [0.1, 0.15) is 104 Å². The lowest BCUT2D eigenvalue weighted by molar-refractivity contribution is -0.173. The summed E-state index contributed by atoms with van der Waals surface area (Å²) < 4.78 is 102. The Labute approximate surface area is 340 Å². The molecule has 2 rings (SSSR count). The van der Waals surface area contributed by atoms with Gasteiger partial charge >= 0.3 is 41.0 Å². The minimum Gasteiger partial charge on any atom is -0.418 e. The highest BCUT2D eigenvalue weighted by molar-refractivity contribution is 7.41. The molecule has 58 heavy (non-hydrogen) atoms. The fraction of sp³-hybridized carbons (Fsp3) is 0.632. The predicted octanol–water partition coefficient (Wildman–Crippen LogP) is 9.86. The van der Waals surface area contributed by atoms with Crippen LogP contribution >= 0.6 is 16.9 Å². The normalized spacial score (nSPS) is 11.1. The van der Waals surface area contributed by atoms with Gasteiger partial charge in [0.2, 0.25) is 0 Å². The van der Waals surface area contributed by atoms with Crippen molar-refractivity contribution in [3.05, 3.63) is 60.7 Å². The molecule has 0 saturated heterocycles. The average Bonchev–Trinajstić information content (AvgIpc) is 3.18. The molecule has 0 saturated carbocycles. The van der Waals surface area contributed by atoms with E-state index in [1.807, 2.05) is 36.4 Å². The molecule has 0 aromatic heterocycles. The summed E-state index contributed by atoms with van der Waals surface area (Å²) in [6.45, 7) is 4.93. The van der Waals surface area contributed by atoms with E-state index < -0.39 is 41.0 Å². The van der Waals surface area contributed by atoms with Crippen LogP contribution in [-0.4, -0.2) is 78.8 Å². The molecule has 1 unspecified atom stereocenters. The number of carbonyl (C=O) groups is 2. The molecule has 2 amide bonds. The number of nitrogens with one attached hydrogen (secondary N) is 2. The van der Waals surface area contributed by atoms with E-state index in [0.717, 1.165) is 32.1 Å². The Bertz CT molecular complexity index is 1220. The van der Waals surface area contributed by atoms with E-state index in [1.54, 1.807) is 34.9 Å². The van der Waals surface area contributed by atoms with Crippen molar-refractivity contribution in [1.82, 2.24) is 10.6 Å². The van der Waals surface area contributed by atoms with Gasteiger partial charge < -0.3 is 34.8 Å². The number of alkyl halides is 6. The first-order valence-electron chi connectivity index (χ1n) is 19.2. The van der Waals surface area contributed by atoms with Crippen LogP contribution in [0.25, 0.3) is 0 Å². The molecule has 0 aliphatic carbocycles. The topological polar surface area (TPSA) is 173 Å². The maximum atomic E-state index is 11.9. The number of rotatable bonds is 26. The van der Waals surface area contributed by atoms with E-state index in [1.165, 1.54) is 32.1 Å². The van der Waals surface area contributed by atoms with Gasteiger partial charge in [-0.15, -0.1) is 9.05 Å². The number of aliphatic hydroxyl groups excluding tert-OH is 2. The number of benzene rings is 2. The van der Waals surface area contributed by atoms with Gasteiger partial charge in [-0.3, -0.25) is 9.59 Å². The Morgan fingerprint density at radius 2 is 0.931 bits per heavy atom. The minimum atomic E-state index is -4.86. The van der Waals surface area contributed by atoms with Crippen molar-refractivity contribution in [2.75, 3.05) is 39.5 Å². The Kier molecular flexibility index (Phi) is 37.4. The number of halogens is 6. The van der Waals surface area contributed by atoms with Crippen LogP contribution in [0.15, 0.2) is 60.7 Å². The Hall–Kier alpha value is -3.11. The number of hydrogen-bond acceptors (Lipinski definition) is 10. The largest absolute Gasteiger partial charge is 0.697 e. The first-order chi connectivity index (χ1) is 27.6. The second-order valence-electron chi connectivity index (χ2n) is 12.1. The summed E-state index contributed by atoms with van der Waals surface area (Å²) >= 11 is 0. The number of aliphatic hydroxyl groups is 2. The van der Waals surface area contributed by atoms with Crippen LogP contribution in [0.2, 0.25) is 0 Å². The molecular weight excluding hydrogens is 820 g/mol. The van der Waals surface area contributed by atoms with Gasteiger partial charge in [0.15, 0.2) is 0 Å². The lowest BCUT2D eigenvalue weighted by Crippen LogP contribution is -2.37. The van der Waals surface area contributed by atoms with Gasteiger partial charge in [0.05, 0.1) is 0 Å². The van der Waals surface area contributed by atoms with Crippen LogP contribution in [-0.2, 0) is 23.2 Å². The van der Waals surface area contributed by atoms with Crippen molar-refractivity contribution in [1.29, 1.82) is 0 Å². The van der Waals surface area contributed by atoms with Crippen molar-refractivity contribution >= 4 is 28.7 Å². The standard InChI is InChI=1S/C13H23F3NO4P.C12H11O3P.C7H16O.C6H10F3NO2/c1-2-3-4-5-7-10-20-22(19)21-11-8-6-9-17-12(18)13(14,15)16;13-16(14-11-7-3-1-4-8-11)15-12-9-5-2-6-10-12;1-2-3-4-5-6-7-8;7-6(8,9)5(12)10-3-1-2-4-11/h2-11H2,1H3;1-10,13H;8H,2-7H2,1H3;11H,1-4H2,(H,10,12)/p+1. The fourth-order valence-electron chi connectivity index (χ4n) is 3.97. The fourth-order valence-corrected chi connectivity index (χ4v) is 5.24. The van der Waals surface area contributed by atoms with Crippen LogP contribution < -0.4 is 19.7 Å². The van der Waals surface area contributed by atoms with E-state index in [4.69, 9.17) is 28.3 Å². The van der Waals surface area contributed by atoms with Crippen molar-refractivity contribution in [2.24, 2.45) is 0 Å². The zero-order valence-electron chi connectivity index (χ0n) is 33.3. The third-order valence-electron chi connectivity index (χ3n) is 7.00. The van der Waals surface area contributed by atoms with Crippen molar-refractivity contribution in [3.8, 4) is 11.5 Å². The zero-order chi connectivity index (χ0) is 43.9. The van der Waals surface area contributed by atoms with Crippen LogP contribution in [0.3, 0.4) is 0 Å².